The molecule has 0 unspecified atom stereocenters. The average Bonchev–Trinajstić information content (AvgIpc) is 3.28. The highest BCUT2D eigenvalue weighted by molar-refractivity contribution is 6.02. The molecule has 0 aliphatic heterocycles. The molecule has 1 fully saturated rings. The number of aryl methyl sites for hydroxylation is 2. The Hall–Kier alpha value is -2.62. The minimum Gasteiger partial charge on any atom is -0.478 e. The fraction of sp³-hybridized carbons (Fsp3) is 0.263. The van der Waals surface area contributed by atoms with Gasteiger partial charge in [-0.2, -0.15) is 0 Å². The smallest absolute Gasteiger partial charge is 0.335 e. The Morgan fingerprint density at radius 2 is 1.83 bits per heavy atom. The van der Waals surface area contributed by atoms with Crippen molar-refractivity contribution < 1.29 is 14.7 Å². The summed E-state index contributed by atoms with van der Waals surface area (Å²) < 4.78 is 0. The van der Waals surface area contributed by atoms with E-state index in [4.69, 9.17) is 5.11 Å². The molecule has 0 aromatic heterocycles. The van der Waals surface area contributed by atoms with Gasteiger partial charge in [-0.3, -0.25) is 4.79 Å². The number of anilines is 1. The lowest BCUT2D eigenvalue weighted by Gasteiger charge is -2.17. The van der Waals surface area contributed by atoms with Gasteiger partial charge in [-0.05, 0) is 56.0 Å². The maximum Gasteiger partial charge on any atom is 0.335 e. The lowest BCUT2D eigenvalue weighted by Crippen LogP contribution is -2.28. The van der Waals surface area contributed by atoms with Crippen molar-refractivity contribution in [3.8, 4) is 0 Å². The van der Waals surface area contributed by atoms with Crippen LogP contribution in [-0.2, 0) is 10.2 Å². The van der Waals surface area contributed by atoms with E-state index in [0.29, 0.717) is 11.3 Å². The molecule has 2 aromatic carbocycles. The number of aromatic carboxylic acids is 1. The molecule has 0 spiro atoms. The Morgan fingerprint density at radius 3 is 2.39 bits per heavy atom. The van der Waals surface area contributed by atoms with E-state index >= 15 is 0 Å². The van der Waals surface area contributed by atoms with Gasteiger partial charge in [0.05, 0.1) is 11.0 Å². The molecule has 3 rings (SSSR count). The first kappa shape index (κ1) is 15.3. The van der Waals surface area contributed by atoms with Crippen LogP contribution in [0.1, 0.15) is 39.9 Å². The second kappa shape index (κ2) is 5.54. The Morgan fingerprint density at radius 1 is 1.09 bits per heavy atom. The van der Waals surface area contributed by atoms with E-state index in [9.17, 15) is 9.59 Å². The summed E-state index contributed by atoms with van der Waals surface area (Å²) in [4.78, 5) is 23.8. The third-order valence-corrected chi connectivity index (χ3v) is 4.47. The van der Waals surface area contributed by atoms with Crippen LogP contribution in [0.25, 0.3) is 0 Å². The molecule has 1 amide bonds. The van der Waals surface area contributed by atoms with Crippen molar-refractivity contribution in [2.24, 2.45) is 0 Å². The normalized spacial score (nSPS) is 15.0. The van der Waals surface area contributed by atoms with Gasteiger partial charge in [0.25, 0.3) is 0 Å². The van der Waals surface area contributed by atoms with Crippen LogP contribution < -0.4 is 5.32 Å². The number of benzene rings is 2. The van der Waals surface area contributed by atoms with E-state index in [1.165, 1.54) is 6.07 Å². The van der Waals surface area contributed by atoms with Gasteiger partial charge in [-0.1, -0.05) is 29.8 Å². The first-order valence-electron chi connectivity index (χ1n) is 7.65. The number of hydrogen-bond donors (Lipinski definition) is 2. The quantitative estimate of drug-likeness (QED) is 0.905. The van der Waals surface area contributed by atoms with Crippen LogP contribution >= 0.6 is 0 Å². The second-order valence-corrected chi connectivity index (χ2v) is 6.24. The number of hydrogen-bond acceptors (Lipinski definition) is 2. The van der Waals surface area contributed by atoms with E-state index in [1.807, 2.05) is 25.1 Å². The standard InChI is InChI=1S/C19H19NO3/c1-12-4-3-5-14(10-12)19(8-9-19)18(23)20-15-6-7-16(17(21)22)13(2)11-15/h3-7,10-11H,8-9H2,1-2H3,(H,20,23)(H,21,22). The predicted octanol–water partition coefficient (Wildman–Crippen LogP) is 3.67. The zero-order valence-corrected chi connectivity index (χ0v) is 13.2. The van der Waals surface area contributed by atoms with Crippen LogP contribution in [0.15, 0.2) is 42.5 Å². The van der Waals surface area contributed by atoms with Crippen molar-refractivity contribution in [1.82, 2.24) is 0 Å². The van der Waals surface area contributed by atoms with Crippen LogP contribution in [0.5, 0.6) is 0 Å². The van der Waals surface area contributed by atoms with Crippen molar-refractivity contribution in [3.05, 3.63) is 64.7 Å². The van der Waals surface area contributed by atoms with E-state index in [2.05, 4.69) is 11.4 Å². The molecule has 23 heavy (non-hydrogen) atoms. The van der Waals surface area contributed by atoms with Gasteiger partial charge in [0, 0.05) is 5.69 Å². The fourth-order valence-corrected chi connectivity index (χ4v) is 2.95. The predicted molar refractivity (Wildman–Crippen MR) is 88.9 cm³/mol. The first-order valence-corrected chi connectivity index (χ1v) is 7.65. The van der Waals surface area contributed by atoms with Gasteiger partial charge in [-0.25, -0.2) is 4.79 Å². The Bertz CT molecular complexity index is 791. The van der Waals surface area contributed by atoms with Crippen LogP contribution in [0, 0.1) is 13.8 Å². The van der Waals surface area contributed by atoms with Crippen LogP contribution in [0.3, 0.4) is 0 Å². The molecule has 1 saturated carbocycles. The molecular weight excluding hydrogens is 290 g/mol. The molecule has 0 bridgehead atoms. The van der Waals surface area contributed by atoms with E-state index in [-0.39, 0.29) is 11.5 Å². The number of amides is 1. The van der Waals surface area contributed by atoms with Gasteiger partial charge in [0.15, 0.2) is 0 Å². The lowest BCUT2D eigenvalue weighted by atomic mass is 9.93. The molecule has 0 saturated heterocycles. The summed E-state index contributed by atoms with van der Waals surface area (Å²) in [6.45, 7) is 3.75. The molecule has 0 radical (unpaired) electrons. The first-order chi connectivity index (χ1) is 10.9. The van der Waals surface area contributed by atoms with E-state index in [0.717, 1.165) is 24.0 Å². The molecule has 4 heteroatoms. The van der Waals surface area contributed by atoms with Crippen molar-refractivity contribution in [1.29, 1.82) is 0 Å². The Balaban J connectivity index is 1.82. The molecule has 118 valence electrons. The highest BCUT2D eigenvalue weighted by atomic mass is 16.4. The number of carbonyl (C=O) groups excluding carboxylic acids is 1. The topological polar surface area (TPSA) is 66.4 Å². The third-order valence-electron chi connectivity index (χ3n) is 4.47. The second-order valence-electron chi connectivity index (χ2n) is 6.24. The van der Waals surface area contributed by atoms with Crippen molar-refractivity contribution in [2.45, 2.75) is 32.1 Å². The zero-order valence-electron chi connectivity index (χ0n) is 13.2. The summed E-state index contributed by atoms with van der Waals surface area (Å²) >= 11 is 0. The Kier molecular flexibility index (Phi) is 3.68. The monoisotopic (exact) mass is 309 g/mol. The highest BCUT2D eigenvalue weighted by Gasteiger charge is 2.51. The molecule has 0 atom stereocenters. The number of carbonyl (C=O) groups is 2. The number of carboxylic acids is 1. The van der Waals surface area contributed by atoms with Gasteiger partial charge in [-0.15, -0.1) is 0 Å². The van der Waals surface area contributed by atoms with E-state index < -0.39 is 11.4 Å². The minimum absolute atomic E-state index is 0.0226. The van der Waals surface area contributed by atoms with Crippen LogP contribution in [0.2, 0.25) is 0 Å². The molecule has 4 nitrogen and oxygen atoms in total. The molecular formula is C19H19NO3. The summed E-state index contributed by atoms with van der Waals surface area (Å²) in [7, 11) is 0. The number of nitrogens with one attached hydrogen (secondary N) is 1. The van der Waals surface area contributed by atoms with Crippen LogP contribution in [0.4, 0.5) is 5.69 Å². The van der Waals surface area contributed by atoms with Crippen molar-refractivity contribution >= 4 is 17.6 Å². The lowest BCUT2D eigenvalue weighted by molar-refractivity contribution is -0.118. The number of carboxylic acid groups (broad SMARTS) is 1. The minimum atomic E-state index is -0.959. The summed E-state index contributed by atoms with van der Waals surface area (Å²) in [5.74, 6) is -0.982. The summed E-state index contributed by atoms with van der Waals surface area (Å²) in [6.07, 6.45) is 1.68. The third kappa shape index (κ3) is 2.84. The van der Waals surface area contributed by atoms with Gasteiger partial charge < -0.3 is 10.4 Å². The molecule has 1 aliphatic carbocycles. The largest absolute Gasteiger partial charge is 0.478 e. The summed E-state index contributed by atoms with van der Waals surface area (Å²) in [6, 6.07) is 12.9. The van der Waals surface area contributed by atoms with Gasteiger partial charge in [0.2, 0.25) is 5.91 Å². The van der Waals surface area contributed by atoms with Crippen molar-refractivity contribution in [2.75, 3.05) is 5.32 Å². The van der Waals surface area contributed by atoms with Gasteiger partial charge in [0.1, 0.15) is 0 Å². The summed E-state index contributed by atoms with van der Waals surface area (Å²) in [5.41, 5.74) is 3.28. The SMILES string of the molecule is Cc1cccc(C2(C(=O)Nc3ccc(C(=O)O)c(C)c3)CC2)c1. The van der Waals surface area contributed by atoms with Crippen LogP contribution in [-0.4, -0.2) is 17.0 Å². The molecule has 0 heterocycles. The zero-order chi connectivity index (χ0) is 16.6. The fourth-order valence-electron chi connectivity index (χ4n) is 2.95. The average molecular weight is 309 g/mol. The van der Waals surface area contributed by atoms with Crippen molar-refractivity contribution in [3.63, 3.8) is 0 Å². The number of rotatable bonds is 4. The molecule has 1 aliphatic rings. The maximum absolute atomic E-state index is 12.7. The Labute approximate surface area is 135 Å². The van der Waals surface area contributed by atoms with E-state index in [1.54, 1.807) is 19.1 Å². The summed E-state index contributed by atoms with van der Waals surface area (Å²) in [5, 5.41) is 12.0. The van der Waals surface area contributed by atoms with Gasteiger partial charge >= 0.3 is 5.97 Å². The molecule has 2 aromatic rings. The maximum atomic E-state index is 12.7. The highest BCUT2D eigenvalue weighted by Crippen LogP contribution is 2.49. The molecule has 2 N–H and O–H groups in total.